The number of nitrogens with one attached hydrogen (secondary N) is 1. The third kappa shape index (κ3) is 4.13. The van der Waals surface area contributed by atoms with Gasteiger partial charge in [0.2, 0.25) is 0 Å². The molecule has 0 radical (unpaired) electrons. The number of benzene rings is 2. The third-order valence-corrected chi connectivity index (χ3v) is 6.77. The zero-order chi connectivity index (χ0) is 22.9. The molecule has 0 bridgehead atoms. The molecule has 0 aliphatic carbocycles. The summed E-state index contributed by atoms with van der Waals surface area (Å²) < 4.78 is 49.0. The normalized spacial score (nSPS) is 16.3. The van der Waals surface area contributed by atoms with E-state index in [1.165, 1.54) is 0 Å². The fraction of sp³-hybridized carbons (Fsp3) is 0.375. The van der Waals surface area contributed by atoms with Crippen molar-refractivity contribution in [2.45, 2.75) is 38.1 Å². The third-order valence-electron chi connectivity index (χ3n) is 5.72. The number of aliphatic hydroxyl groups is 1. The lowest BCUT2D eigenvalue weighted by atomic mass is 9.87. The Morgan fingerprint density at radius 2 is 1.94 bits per heavy atom. The van der Waals surface area contributed by atoms with Crippen LogP contribution in [0.15, 0.2) is 48.5 Å². The van der Waals surface area contributed by atoms with Gasteiger partial charge in [0.15, 0.2) is 5.60 Å². The van der Waals surface area contributed by atoms with Crippen molar-refractivity contribution in [3.05, 3.63) is 65.4 Å². The van der Waals surface area contributed by atoms with Crippen LogP contribution in [0.5, 0.6) is 5.75 Å². The molecule has 1 aliphatic rings. The van der Waals surface area contributed by atoms with E-state index in [2.05, 4.69) is 10.3 Å². The van der Waals surface area contributed by atoms with E-state index >= 15 is 0 Å². The second-order valence-corrected chi connectivity index (χ2v) is 9.17. The summed E-state index contributed by atoms with van der Waals surface area (Å²) in [5.41, 5.74) is 0.0774. The number of para-hydroxylation sites is 1. The summed E-state index contributed by atoms with van der Waals surface area (Å²) in [5.74, 6) is 0.367. The van der Waals surface area contributed by atoms with Gasteiger partial charge >= 0.3 is 6.18 Å². The molecule has 0 spiro atoms. The Kier molecular flexibility index (Phi) is 6.27. The quantitative estimate of drug-likeness (QED) is 0.473. The Balaban J connectivity index is 1.88. The second-order valence-electron chi connectivity index (χ2n) is 7.90. The van der Waals surface area contributed by atoms with Gasteiger partial charge in [-0.1, -0.05) is 31.2 Å². The molecule has 4 rings (SSSR count). The highest BCUT2D eigenvalue weighted by Crippen LogP contribution is 2.48. The predicted octanol–water partition coefficient (Wildman–Crippen LogP) is 5.68. The van der Waals surface area contributed by atoms with E-state index in [0.717, 1.165) is 23.0 Å². The van der Waals surface area contributed by atoms with Crippen molar-refractivity contribution in [1.29, 1.82) is 0 Å². The van der Waals surface area contributed by atoms with Crippen molar-refractivity contribution in [1.82, 2.24) is 4.98 Å². The number of rotatable bonds is 7. The fourth-order valence-corrected chi connectivity index (χ4v) is 4.89. The van der Waals surface area contributed by atoms with E-state index in [1.54, 1.807) is 31.2 Å². The van der Waals surface area contributed by atoms with Crippen molar-refractivity contribution >= 4 is 28.4 Å². The number of aryl methyl sites for hydroxylation is 1. The lowest BCUT2D eigenvalue weighted by Crippen LogP contribution is -2.54. The molecule has 1 aromatic heterocycles. The topological polar surface area (TPSA) is 54.4 Å². The summed E-state index contributed by atoms with van der Waals surface area (Å²) in [4.78, 5) is 4.48. The summed E-state index contributed by atoms with van der Waals surface area (Å²) in [6.45, 7) is 4.04. The molecule has 1 aliphatic heterocycles. The van der Waals surface area contributed by atoms with Gasteiger partial charge in [0.05, 0.1) is 18.2 Å². The van der Waals surface area contributed by atoms with Crippen LogP contribution in [-0.4, -0.2) is 40.0 Å². The number of nitrogens with zero attached hydrogens (tertiary/aromatic N) is 1. The smallest absolute Gasteiger partial charge is 0.420 e. The average Bonchev–Trinajstić information content (AvgIpc) is 3.24. The number of fused-ring (bicyclic) bond motifs is 2. The second kappa shape index (κ2) is 8.83. The standard InChI is InChI=1S/C24H25F3N2O2S/c1-3-32-14-23(30,24(25,26)27)22(18-7-4-6-16-12-13-31-21(16)18)29-20-9-5-8-19-17(20)11-10-15(2)28-19/h4-11,22,29-30H,3,12-14H2,1-2H3. The number of hydrogen-bond acceptors (Lipinski definition) is 5. The number of anilines is 1. The van der Waals surface area contributed by atoms with E-state index in [9.17, 15) is 18.3 Å². The van der Waals surface area contributed by atoms with E-state index in [1.807, 2.05) is 31.2 Å². The van der Waals surface area contributed by atoms with Gasteiger partial charge in [-0.15, -0.1) is 0 Å². The van der Waals surface area contributed by atoms with Crippen molar-refractivity contribution in [3.8, 4) is 5.75 Å². The Morgan fingerprint density at radius 1 is 1.16 bits per heavy atom. The first kappa shape index (κ1) is 22.7. The maximum absolute atomic E-state index is 14.4. The molecule has 2 aromatic carbocycles. The highest BCUT2D eigenvalue weighted by Gasteiger charge is 2.59. The number of hydrogen-bond donors (Lipinski definition) is 2. The Hall–Kier alpha value is -2.45. The summed E-state index contributed by atoms with van der Waals surface area (Å²) >= 11 is 1.05. The summed E-state index contributed by atoms with van der Waals surface area (Å²) in [7, 11) is 0. The van der Waals surface area contributed by atoms with Gasteiger partial charge in [-0.25, -0.2) is 0 Å². The highest BCUT2D eigenvalue weighted by atomic mass is 32.2. The molecular weight excluding hydrogens is 437 g/mol. The minimum atomic E-state index is -4.87. The van der Waals surface area contributed by atoms with Gasteiger partial charge in [-0.2, -0.15) is 24.9 Å². The van der Waals surface area contributed by atoms with Gasteiger partial charge in [-0.3, -0.25) is 4.98 Å². The number of halogens is 3. The largest absolute Gasteiger partial charge is 0.493 e. The SMILES string of the molecule is CCSCC(O)(C(Nc1cccc2nc(C)ccc12)c1cccc2c1OCC2)C(F)(F)F. The first-order valence-corrected chi connectivity index (χ1v) is 11.6. The van der Waals surface area contributed by atoms with Crippen LogP contribution in [0.3, 0.4) is 0 Å². The van der Waals surface area contributed by atoms with Crippen LogP contribution in [0, 0.1) is 6.92 Å². The zero-order valence-corrected chi connectivity index (χ0v) is 18.7. The first-order chi connectivity index (χ1) is 15.2. The monoisotopic (exact) mass is 462 g/mol. The van der Waals surface area contributed by atoms with Crippen LogP contribution in [0.1, 0.15) is 29.8 Å². The number of alkyl halides is 3. The predicted molar refractivity (Wildman–Crippen MR) is 122 cm³/mol. The molecule has 0 fully saturated rings. The summed E-state index contributed by atoms with van der Waals surface area (Å²) in [6, 6.07) is 12.6. The maximum atomic E-state index is 14.4. The molecule has 4 nitrogen and oxygen atoms in total. The Labute approximate surface area is 189 Å². The van der Waals surface area contributed by atoms with Crippen molar-refractivity contribution < 1.29 is 23.0 Å². The van der Waals surface area contributed by atoms with E-state index in [4.69, 9.17) is 4.74 Å². The number of thioether (sulfide) groups is 1. The molecule has 0 saturated carbocycles. The van der Waals surface area contributed by atoms with Gasteiger partial charge in [0.1, 0.15) is 5.75 Å². The first-order valence-electron chi connectivity index (χ1n) is 10.5. The molecule has 3 aromatic rings. The van der Waals surface area contributed by atoms with Crippen molar-refractivity contribution in [3.63, 3.8) is 0 Å². The van der Waals surface area contributed by atoms with Gasteiger partial charge in [0.25, 0.3) is 0 Å². The maximum Gasteiger partial charge on any atom is 0.420 e. The molecule has 0 amide bonds. The lowest BCUT2D eigenvalue weighted by molar-refractivity contribution is -0.256. The summed E-state index contributed by atoms with van der Waals surface area (Å²) in [6.07, 6.45) is -4.24. The zero-order valence-electron chi connectivity index (χ0n) is 17.9. The van der Waals surface area contributed by atoms with Crippen LogP contribution < -0.4 is 10.1 Å². The van der Waals surface area contributed by atoms with E-state index in [0.29, 0.717) is 46.7 Å². The van der Waals surface area contributed by atoms with Gasteiger partial charge in [0, 0.05) is 34.5 Å². The Bertz CT molecular complexity index is 1120. The molecular formula is C24H25F3N2O2S. The molecule has 2 atom stereocenters. The minimum absolute atomic E-state index is 0.300. The van der Waals surface area contributed by atoms with Crippen molar-refractivity contribution in [2.24, 2.45) is 0 Å². The molecule has 2 N–H and O–H groups in total. The number of aromatic nitrogens is 1. The number of pyridine rings is 1. The average molecular weight is 463 g/mol. The molecule has 8 heteroatoms. The van der Waals surface area contributed by atoms with Gasteiger partial charge in [-0.05, 0) is 42.5 Å². The minimum Gasteiger partial charge on any atom is -0.493 e. The number of ether oxygens (including phenoxy) is 1. The highest BCUT2D eigenvalue weighted by molar-refractivity contribution is 7.99. The molecule has 32 heavy (non-hydrogen) atoms. The van der Waals surface area contributed by atoms with E-state index < -0.39 is 23.6 Å². The lowest BCUT2D eigenvalue weighted by Gasteiger charge is -2.39. The summed E-state index contributed by atoms with van der Waals surface area (Å²) in [5, 5.41) is 14.9. The van der Waals surface area contributed by atoms with Crippen LogP contribution in [0.25, 0.3) is 10.9 Å². The van der Waals surface area contributed by atoms with Crippen LogP contribution >= 0.6 is 11.8 Å². The van der Waals surface area contributed by atoms with Crippen LogP contribution in [0.2, 0.25) is 0 Å². The Morgan fingerprint density at radius 3 is 2.69 bits per heavy atom. The van der Waals surface area contributed by atoms with Crippen LogP contribution in [-0.2, 0) is 6.42 Å². The van der Waals surface area contributed by atoms with Crippen LogP contribution in [0.4, 0.5) is 18.9 Å². The van der Waals surface area contributed by atoms with Gasteiger partial charge < -0.3 is 15.2 Å². The fourth-order valence-electron chi connectivity index (χ4n) is 4.05. The molecule has 2 unspecified atom stereocenters. The van der Waals surface area contributed by atoms with Crippen molar-refractivity contribution in [2.75, 3.05) is 23.4 Å². The molecule has 0 saturated heterocycles. The van der Waals surface area contributed by atoms with E-state index in [-0.39, 0.29) is 0 Å². The molecule has 2 heterocycles. The molecule has 170 valence electrons.